The van der Waals surface area contributed by atoms with E-state index in [1.807, 2.05) is 0 Å². The van der Waals surface area contributed by atoms with Crippen LogP contribution < -0.4 is 9.64 Å². The van der Waals surface area contributed by atoms with Gasteiger partial charge < -0.3 is 9.64 Å². The average Bonchev–Trinajstić information content (AvgIpc) is 3.17. The first-order valence-electron chi connectivity index (χ1n) is 16.3. The molecule has 2 heteroatoms. The van der Waals surface area contributed by atoms with Gasteiger partial charge in [0.1, 0.15) is 0 Å². The number of benzene rings is 8. The van der Waals surface area contributed by atoms with Crippen molar-refractivity contribution >= 4 is 27.8 Å². The van der Waals surface area contributed by atoms with E-state index >= 15 is 0 Å². The van der Waals surface area contributed by atoms with Gasteiger partial charge >= 0.3 is 0 Å². The molecule has 8 aromatic rings. The van der Waals surface area contributed by atoms with Crippen molar-refractivity contribution in [2.24, 2.45) is 0 Å². The van der Waals surface area contributed by atoms with Gasteiger partial charge in [0.2, 0.25) is 0 Å². The second kappa shape index (κ2) is 11.8. The van der Waals surface area contributed by atoms with E-state index in [2.05, 4.69) is 193 Å². The Labute approximate surface area is 280 Å². The Morgan fingerprint density at radius 3 is 1.19 bits per heavy atom. The molecule has 0 spiro atoms. The largest absolute Gasteiger partial charge is 0.453 e. The molecule has 0 saturated carbocycles. The molecule has 8 aromatic carbocycles. The Kier molecular flexibility index (Phi) is 6.84. The SMILES string of the molecule is c1ccc(-c2ccc(-c3ccc4c(c3)Oc3cc(-c5ccc(-c6ccccc6)cc5)ccc3N4c3ccc4ccccc4c3)cc2)cc1. The lowest BCUT2D eigenvalue weighted by atomic mass is 9.98. The van der Waals surface area contributed by atoms with Gasteiger partial charge in [-0.2, -0.15) is 0 Å². The maximum Gasteiger partial charge on any atom is 0.152 e. The molecule has 1 aliphatic rings. The molecule has 1 aliphatic heterocycles. The summed E-state index contributed by atoms with van der Waals surface area (Å²) >= 11 is 0. The lowest BCUT2D eigenvalue weighted by Gasteiger charge is -2.33. The number of hydrogen-bond acceptors (Lipinski definition) is 2. The highest BCUT2D eigenvalue weighted by Crippen LogP contribution is 2.52. The van der Waals surface area contributed by atoms with Gasteiger partial charge in [-0.05, 0) is 91.7 Å². The third-order valence-electron chi connectivity index (χ3n) is 9.26. The number of fused-ring (bicyclic) bond motifs is 3. The Bertz CT molecular complexity index is 2260. The highest BCUT2D eigenvalue weighted by molar-refractivity contribution is 5.94. The fourth-order valence-electron chi connectivity index (χ4n) is 6.73. The average molecular weight is 614 g/mol. The van der Waals surface area contributed by atoms with Gasteiger partial charge in [-0.25, -0.2) is 0 Å². The third kappa shape index (κ3) is 5.10. The minimum atomic E-state index is 0.830. The summed E-state index contributed by atoms with van der Waals surface area (Å²) in [7, 11) is 0. The van der Waals surface area contributed by atoms with E-state index in [1.165, 1.54) is 33.0 Å². The highest BCUT2D eigenvalue weighted by Gasteiger charge is 2.27. The summed E-state index contributed by atoms with van der Waals surface area (Å²) in [6.45, 7) is 0. The van der Waals surface area contributed by atoms with Crippen LogP contribution in [0.25, 0.3) is 55.3 Å². The molecule has 0 aromatic heterocycles. The predicted molar refractivity (Wildman–Crippen MR) is 200 cm³/mol. The van der Waals surface area contributed by atoms with Crippen LogP contribution in [0, 0.1) is 0 Å². The van der Waals surface area contributed by atoms with E-state index in [1.54, 1.807) is 0 Å². The molecule has 0 bridgehead atoms. The molecule has 0 N–H and O–H groups in total. The first-order chi connectivity index (χ1) is 23.8. The monoisotopic (exact) mass is 613 g/mol. The van der Waals surface area contributed by atoms with Crippen LogP contribution in [0.3, 0.4) is 0 Å². The van der Waals surface area contributed by atoms with E-state index < -0.39 is 0 Å². The summed E-state index contributed by atoms with van der Waals surface area (Å²) < 4.78 is 6.79. The zero-order chi connectivity index (χ0) is 31.9. The van der Waals surface area contributed by atoms with Crippen LogP contribution >= 0.6 is 0 Å². The molecule has 2 nitrogen and oxygen atoms in total. The molecule has 1 heterocycles. The Hall–Kier alpha value is -6.38. The van der Waals surface area contributed by atoms with E-state index in [0.29, 0.717) is 0 Å². The summed E-state index contributed by atoms with van der Waals surface area (Å²) in [4.78, 5) is 2.32. The molecule has 48 heavy (non-hydrogen) atoms. The minimum Gasteiger partial charge on any atom is -0.453 e. The zero-order valence-corrected chi connectivity index (χ0v) is 26.3. The van der Waals surface area contributed by atoms with Crippen molar-refractivity contribution in [1.82, 2.24) is 0 Å². The Morgan fingerprint density at radius 1 is 0.292 bits per heavy atom. The van der Waals surface area contributed by atoms with Crippen molar-refractivity contribution < 1.29 is 4.74 Å². The second-order valence-corrected chi connectivity index (χ2v) is 12.2. The molecule has 0 atom stereocenters. The summed E-state index contributed by atoms with van der Waals surface area (Å²) in [5.41, 5.74) is 12.5. The maximum absolute atomic E-state index is 6.79. The molecular formula is C46H31NO. The van der Waals surface area contributed by atoms with Crippen molar-refractivity contribution in [1.29, 1.82) is 0 Å². The van der Waals surface area contributed by atoms with Crippen molar-refractivity contribution in [3.63, 3.8) is 0 Å². The first-order valence-corrected chi connectivity index (χ1v) is 16.3. The molecule has 0 amide bonds. The lowest BCUT2D eigenvalue weighted by Crippen LogP contribution is -2.16. The van der Waals surface area contributed by atoms with Crippen LogP contribution in [0.2, 0.25) is 0 Å². The van der Waals surface area contributed by atoms with E-state index in [-0.39, 0.29) is 0 Å². The van der Waals surface area contributed by atoms with Crippen LogP contribution in [-0.2, 0) is 0 Å². The van der Waals surface area contributed by atoms with Crippen molar-refractivity contribution in [3.05, 3.63) is 188 Å². The van der Waals surface area contributed by atoms with Gasteiger partial charge in [0.05, 0.1) is 11.4 Å². The smallest absolute Gasteiger partial charge is 0.152 e. The Morgan fingerprint density at radius 2 is 0.688 bits per heavy atom. The van der Waals surface area contributed by atoms with Gasteiger partial charge in [0.25, 0.3) is 0 Å². The van der Waals surface area contributed by atoms with Crippen molar-refractivity contribution in [2.45, 2.75) is 0 Å². The summed E-state index contributed by atoms with van der Waals surface area (Å²) in [6.07, 6.45) is 0. The molecular weight excluding hydrogens is 583 g/mol. The molecule has 0 saturated heterocycles. The summed E-state index contributed by atoms with van der Waals surface area (Å²) in [5.74, 6) is 1.66. The maximum atomic E-state index is 6.79. The summed E-state index contributed by atoms with van der Waals surface area (Å²) in [5, 5.41) is 2.42. The van der Waals surface area contributed by atoms with E-state index in [4.69, 9.17) is 4.74 Å². The zero-order valence-electron chi connectivity index (χ0n) is 26.3. The van der Waals surface area contributed by atoms with E-state index in [9.17, 15) is 0 Å². The predicted octanol–water partition coefficient (Wildman–Crippen LogP) is 13.1. The molecule has 0 unspecified atom stereocenters. The van der Waals surface area contributed by atoms with E-state index in [0.717, 1.165) is 50.8 Å². The minimum absolute atomic E-state index is 0.830. The quantitative estimate of drug-likeness (QED) is 0.191. The third-order valence-corrected chi connectivity index (χ3v) is 9.26. The molecule has 0 radical (unpaired) electrons. The van der Waals surface area contributed by atoms with Crippen molar-refractivity contribution in [3.8, 4) is 56.0 Å². The molecule has 226 valence electrons. The number of ether oxygens (including phenoxy) is 1. The molecule has 9 rings (SSSR count). The standard InChI is InChI=1S/C46H31NO/c1-3-9-32(10-4-1)35-15-19-37(20-16-35)40-24-27-43-45(30-40)48-46-31-41(38-21-17-36(18-22-38)33-11-5-2-6-12-33)25-28-44(46)47(43)42-26-23-34-13-7-8-14-39(34)29-42/h1-31H. The number of rotatable bonds is 5. The first kappa shape index (κ1) is 27.9. The normalized spacial score (nSPS) is 11.9. The molecule has 0 fully saturated rings. The fourth-order valence-corrected chi connectivity index (χ4v) is 6.73. The fraction of sp³-hybridized carbons (Fsp3) is 0. The van der Waals surface area contributed by atoms with Gasteiger partial charge in [-0.1, -0.05) is 152 Å². The number of hydrogen-bond donors (Lipinski definition) is 0. The number of anilines is 3. The van der Waals surface area contributed by atoms with Crippen LogP contribution in [0.15, 0.2) is 188 Å². The van der Waals surface area contributed by atoms with Gasteiger partial charge in [0, 0.05) is 5.69 Å². The topological polar surface area (TPSA) is 12.5 Å². The second-order valence-electron chi connectivity index (χ2n) is 12.2. The van der Waals surface area contributed by atoms with Gasteiger partial charge in [-0.15, -0.1) is 0 Å². The van der Waals surface area contributed by atoms with Gasteiger partial charge in [0.15, 0.2) is 11.5 Å². The lowest BCUT2D eigenvalue weighted by molar-refractivity contribution is 0.477. The number of nitrogens with zero attached hydrogens (tertiary/aromatic N) is 1. The Balaban J connectivity index is 1.12. The van der Waals surface area contributed by atoms with Crippen LogP contribution in [0.5, 0.6) is 11.5 Å². The van der Waals surface area contributed by atoms with Crippen molar-refractivity contribution in [2.75, 3.05) is 4.90 Å². The van der Waals surface area contributed by atoms with Crippen LogP contribution in [0.1, 0.15) is 0 Å². The summed E-state index contributed by atoms with van der Waals surface area (Å²) in [6, 6.07) is 66.8. The highest BCUT2D eigenvalue weighted by atomic mass is 16.5. The van der Waals surface area contributed by atoms with Crippen LogP contribution in [0.4, 0.5) is 17.1 Å². The van der Waals surface area contributed by atoms with Crippen LogP contribution in [-0.4, -0.2) is 0 Å². The van der Waals surface area contributed by atoms with Gasteiger partial charge in [-0.3, -0.25) is 0 Å². The molecule has 0 aliphatic carbocycles.